The third-order valence-corrected chi connectivity index (χ3v) is 4.66. The van der Waals surface area contributed by atoms with Crippen molar-refractivity contribution in [3.8, 4) is 0 Å². The third-order valence-electron chi connectivity index (χ3n) is 4.17. The fourth-order valence-corrected chi connectivity index (χ4v) is 3.12. The van der Waals surface area contributed by atoms with Crippen LogP contribution in [0.15, 0.2) is 33.8 Å². The number of amides is 2. The number of carbonyl (C=O) groups is 2. The van der Waals surface area contributed by atoms with Crippen molar-refractivity contribution in [1.82, 2.24) is 19.4 Å². The van der Waals surface area contributed by atoms with Crippen LogP contribution in [0.3, 0.4) is 0 Å². The molecule has 7 nitrogen and oxygen atoms in total. The van der Waals surface area contributed by atoms with Crippen molar-refractivity contribution in [3.05, 3.63) is 39.4 Å². The van der Waals surface area contributed by atoms with E-state index in [2.05, 4.69) is 20.9 Å². The number of halogens is 1. The fourth-order valence-electron chi connectivity index (χ4n) is 2.76. The molecule has 1 aromatic heterocycles. The molecular formula is C16H17BrN4O3. The summed E-state index contributed by atoms with van der Waals surface area (Å²) in [6.45, 7) is 3.50. The highest BCUT2D eigenvalue weighted by atomic mass is 79.9. The zero-order chi connectivity index (χ0) is 17.3. The molecule has 1 fully saturated rings. The Morgan fingerprint density at radius 1 is 1.17 bits per heavy atom. The Balaban J connectivity index is 1.75. The Kier molecular flexibility index (Phi) is 4.66. The van der Waals surface area contributed by atoms with Crippen LogP contribution in [0.5, 0.6) is 0 Å². The second-order valence-electron chi connectivity index (χ2n) is 5.73. The summed E-state index contributed by atoms with van der Waals surface area (Å²) in [5.41, 5.74) is 0.360. The normalized spacial score (nSPS) is 14.9. The van der Waals surface area contributed by atoms with Crippen molar-refractivity contribution < 1.29 is 9.59 Å². The number of rotatable bonds is 2. The summed E-state index contributed by atoms with van der Waals surface area (Å²) in [7, 11) is 0. The van der Waals surface area contributed by atoms with E-state index in [9.17, 15) is 14.4 Å². The average molecular weight is 393 g/mol. The molecule has 1 saturated heterocycles. The molecule has 1 aliphatic heterocycles. The first-order chi connectivity index (χ1) is 11.5. The van der Waals surface area contributed by atoms with E-state index >= 15 is 0 Å². The minimum atomic E-state index is -0.239. The highest BCUT2D eigenvalue weighted by Gasteiger charge is 2.22. The highest BCUT2D eigenvalue weighted by Crippen LogP contribution is 2.14. The molecule has 8 heteroatoms. The van der Waals surface area contributed by atoms with Crippen molar-refractivity contribution in [2.24, 2.45) is 0 Å². The van der Waals surface area contributed by atoms with Gasteiger partial charge in [-0.05, 0) is 18.2 Å². The van der Waals surface area contributed by atoms with Gasteiger partial charge in [0.2, 0.25) is 11.8 Å². The maximum atomic E-state index is 12.5. The number of hydrogen-bond donors (Lipinski definition) is 0. The van der Waals surface area contributed by atoms with Crippen LogP contribution in [0.4, 0.5) is 0 Å². The Morgan fingerprint density at radius 3 is 2.50 bits per heavy atom. The van der Waals surface area contributed by atoms with Gasteiger partial charge in [-0.3, -0.25) is 19.0 Å². The Bertz CT molecular complexity index is 856. The summed E-state index contributed by atoms with van der Waals surface area (Å²) in [6, 6.07) is 5.28. The molecule has 0 bridgehead atoms. The molecule has 2 amide bonds. The van der Waals surface area contributed by atoms with E-state index in [0.29, 0.717) is 37.1 Å². The molecule has 24 heavy (non-hydrogen) atoms. The van der Waals surface area contributed by atoms with Crippen molar-refractivity contribution in [2.75, 3.05) is 26.2 Å². The predicted octanol–water partition coefficient (Wildman–Crippen LogP) is 0.850. The molecule has 1 aromatic carbocycles. The monoisotopic (exact) mass is 392 g/mol. The first-order valence-electron chi connectivity index (χ1n) is 7.63. The Labute approximate surface area is 147 Å². The maximum absolute atomic E-state index is 12.5. The number of nitrogens with zero attached hydrogens (tertiary/aromatic N) is 4. The summed E-state index contributed by atoms with van der Waals surface area (Å²) in [4.78, 5) is 43.9. The molecule has 0 atom stereocenters. The molecular weight excluding hydrogens is 376 g/mol. The van der Waals surface area contributed by atoms with E-state index in [1.165, 1.54) is 17.8 Å². The second kappa shape index (κ2) is 6.72. The van der Waals surface area contributed by atoms with Gasteiger partial charge in [0.1, 0.15) is 6.54 Å². The third kappa shape index (κ3) is 3.33. The van der Waals surface area contributed by atoms with Crippen LogP contribution in [-0.4, -0.2) is 57.3 Å². The standard InChI is InChI=1S/C16H17BrN4O3/c1-11(22)19-4-6-20(7-5-19)15(23)9-21-10-18-14-3-2-12(17)8-13(14)16(21)24/h2-3,8,10H,4-7,9H2,1H3. The molecule has 0 unspecified atom stereocenters. The molecule has 126 valence electrons. The smallest absolute Gasteiger partial charge is 0.261 e. The summed E-state index contributed by atoms with van der Waals surface area (Å²) in [6.07, 6.45) is 1.41. The van der Waals surface area contributed by atoms with Gasteiger partial charge in [0.15, 0.2) is 0 Å². The molecule has 1 aliphatic rings. The topological polar surface area (TPSA) is 75.5 Å². The van der Waals surface area contributed by atoms with Gasteiger partial charge in [-0.2, -0.15) is 0 Å². The SMILES string of the molecule is CC(=O)N1CCN(C(=O)Cn2cnc3ccc(Br)cc3c2=O)CC1. The van der Waals surface area contributed by atoms with Crippen molar-refractivity contribution in [3.63, 3.8) is 0 Å². The van der Waals surface area contributed by atoms with Gasteiger partial charge in [-0.15, -0.1) is 0 Å². The van der Waals surface area contributed by atoms with Crippen molar-refractivity contribution >= 4 is 38.6 Å². The van der Waals surface area contributed by atoms with Gasteiger partial charge >= 0.3 is 0 Å². The number of hydrogen-bond acceptors (Lipinski definition) is 4. The van der Waals surface area contributed by atoms with Crippen LogP contribution in [0, 0.1) is 0 Å². The molecule has 0 aliphatic carbocycles. The van der Waals surface area contributed by atoms with Crippen LogP contribution in [0.1, 0.15) is 6.92 Å². The van der Waals surface area contributed by atoms with Gasteiger partial charge < -0.3 is 9.80 Å². The van der Waals surface area contributed by atoms with Crippen LogP contribution in [0.25, 0.3) is 10.9 Å². The number of fused-ring (bicyclic) bond motifs is 1. The van der Waals surface area contributed by atoms with Gasteiger partial charge in [-0.1, -0.05) is 15.9 Å². The van der Waals surface area contributed by atoms with Crippen LogP contribution >= 0.6 is 15.9 Å². The quantitative estimate of drug-likeness (QED) is 0.758. The lowest BCUT2D eigenvalue weighted by atomic mass is 10.2. The van der Waals surface area contributed by atoms with Gasteiger partial charge in [-0.25, -0.2) is 4.98 Å². The minimum absolute atomic E-state index is 0.0163. The van der Waals surface area contributed by atoms with Crippen LogP contribution in [0.2, 0.25) is 0 Å². The molecule has 3 rings (SSSR count). The molecule has 2 heterocycles. The summed E-state index contributed by atoms with van der Waals surface area (Å²) < 4.78 is 2.12. The van der Waals surface area contributed by atoms with E-state index in [1.807, 2.05) is 6.07 Å². The zero-order valence-electron chi connectivity index (χ0n) is 13.2. The molecule has 0 radical (unpaired) electrons. The first kappa shape index (κ1) is 16.6. The maximum Gasteiger partial charge on any atom is 0.261 e. The van der Waals surface area contributed by atoms with E-state index in [0.717, 1.165) is 4.47 Å². The zero-order valence-corrected chi connectivity index (χ0v) is 14.8. The summed E-state index contributed by atoms with van der Waals surface area (Å²) in [5, 5.41) is 0.473. The fraction of sp³-hybridized carbons (Fsp3) is 0.375. The largest absolute Gasteiger partial charge is 0.339 e. The van der Waals surface area contributed by atoms with E-state index in [-0.39, 0.29) is 23.9 Å². The molecule has 0 spiro atoms. The lowest BCUT2D eigenvalue weighted by molar-refractivity contribution is -0.138. The van der Waals surface area contributed by atoms with Gasteiger partial charge in [0.05, 0.1) is 17.2 Å². The predicted molar refractivity (Wildman–Crippen MR) is 92.5 cm³/mol. The van der Waals surface area contributed by atoms with Crippen molar-refractivity contribution in [2.45, 2.75) is 13.5 Å². The number of benzene rings is 1. The molecule has 0 saturated carbocycles. The molecule has 2 aromatic rings. The van der Waals surface area contributed by atoms with Gasteiger partial charge in [0, 0.05) is 37.6 Å². The van der Waals surface area contributed by atoms with E-state index < -0.39 is 0 Å². The Hall–Kier alpha value is -2.22. The molecule has 0 N–H and O–H groups in total. The first-order valence-corrected chi connectivity index (χ1v) is 8.43. The van der Waals surface area contributed by atoms with Crippen LogP contribution in [-0.2, 0) is 16.1 Å². The number of aromatic nitrogens is 2. The van der Waals surface area contributed by atoms with Gasteiger partial charge in [0.25, 0.3) is 5.56 Å². The summed E-state index contributed by atoms with van der Waals surface area (Å²) >= 11 is 3.34. The summed E-state index contributed by atoms with van der Waals surface area (Å²) in [5.74, 6) is -0.126. The second-order valence-corrected chi connectivity index (χ2v) is 6.64. The lowest BCUT2D eigenvalue weighted by Gasteiger charge is -2.34. The number of piperazine rings is 1. The minimum Gasteiger partial charge on any atom is -0.339 e. The lowest BCUT2D eigenvalue weighted by Crippen LogP contribution is -2.51. The average Bonchev–Trinajstić information content (AvgIpc) is 2.58. The van der Waals surface area contributed by atoms with Crippen LogP contribution < -0.4 is 5.56 Å². The highest BCUT2D eigenvalue weighted by molar-refractivity contribution is 9.10. The van der Waals surface area contributed by atoms with E-state index in [1.54, 1.807) is 21.9 Å². The number of carbonyl (C=O) groups excluding carboxylic acids is 2. The van der Waals surface area contributed by atoms with E-state index in [4.69, 9.17) is 0 Å². The van der Waals surface area contributed by atoms with Crippen molar-refractivity contribution in [1.29, 1.82) is 0 Å². The Morgan fingerprint density at radius 2 is 1.83 bits per heavy atom.